The van der Waals surface area contributed by atoms with Crippen LogP contribution in [0.5, 0.6) is 5.75 Å². The van der Waals surface area contributed by atoms with E-state index in [9.17, 15) is 14.4 Å². The maximum absolute atomic E-state index is 12.7. The first-order valence-electron chi connectivity index (χ1n) is 8.54. The summed E-state index contributed by atoms with van der Waals surface area (Å²) in [5.41, 5.74) is -0.551. The minimum absolute atomic E-state index is 0.0212. The predicted molar refractivity (Wildman–Crippen MR) is 96.9 cm³/mol. The topological polar surface area (TPSA) is 84.9 Å². The summed E-state index contributed by atoms with van der Waals surface area (Å²) in [4.78, 5) is 37.8. The summed E-state index contributed by atoms with van der Waals surface area (Å²) in [5, 5.41) is 2.65. The van der Waals surface area contributed by atoms with Crippen LogP contribution in [-0.4, -0.2) is 42.6 Å². The lowest BCUT2D eigenvalue weighted by molar-refractivity contribution is -0.148. The molecule has 1 heterocycles. The molecule has 2 aromatic carbocycles. The number of ether oxygens (including phenoxy) is 2. The Bertz CT molecular complexity index is 825. The first-order chi connectivity index (χ1) is 13.0. The van der Waals surface area contributed by atoms with Gasteiger partial charge in [-0.25, -0.2) is 4.79 Å². The number of rotatable bonds is 7. The van der Waals surface area contributed by atoms with E-state index in [-0.39, 0.29) is 13.2 Å². The third-order valence-electron chi connectivity index (χ3n) is 4.27. The lowest BCUT2D eigenvalue weighted by atomic mass is 9.92. The molecule has 27 heavy (non-hydrogen) atoms. The molecule has 0 unspecified atom stereocenters. The molecule has 7 heteroatoms. The van der Waals surface area contributed by atoms with Gasteiger partial charge in [-0.15, -0.1) is 0 Å². The van der Waals surface area contributed by atoms with Crippen molar-refractivity contribution < 1.29 is 23.9 Å². The molecular formula is C20H20N2O5. The number of carbonyl (C=O) groups excluding carboxylic acids is 3. The molecule has 1 aliphatic heterocycles. The highest BCUT2D eigenvalue weighted by Gasteiger charge is 2.49. The first-order valence-corrected chi connectivity index (χ1v) is 8.54. The van der Waals surface area contributed by atoms with Gasteiger partial charge in [0, 0.05) is 0 Å². The van der Waals surface area contributed by atoms with E-state index >= 15 is 0 Å². The largest absolute Gasteiger partial charge is 0.490 e. The van der Waals surface area contributed by atoms with Crippen LogP contribution in [0, 0.1) is 0 Å². The van der Waals surface area contributed by atoms with E-state index in [1.54, 1.807) is 43.3 Å². The SMILES string of the molecule is C[C@@]1(c2ccccc2)NC(=O)N(CC(=O)OCCOc2ccccc2)C1=O. The average Bonchev–Trinajstić information content (AvgIpc) is 2.91. The van der Waals surface area contributed by atoms with Crippen molar-refractivity contribution in [1.82, 2.24) is 10.2 Å². The summed E-state index contributed by atoms with van der Waals surface area (Å²) in [5.74, 6) is -0.495. The molecule has 1 saturated heterocycles. The van der Waals surface area contributed by atoms with E-state index < -0.39 is 30.0 Å². The molecule has 140 valence electrons. The molecule has 0 spiro atoms. The van der Waals surface area contributed by atoms with Gasteiger partial charge < -0.3 is 14.8 Å². The molecule has 1 atom stereocenters. The zero-order valence-electron chi connectivity index (χ0n) is 14.9. The Kier molecular flexibility index (Phi) is 5.40. The Balaban J connectivity index is 1.52. The number of imide groups is 1. The Morgan fingerprint density at radius 2 is 1.63 bits per heavy atom. The Hall–Kier alpha value is -3.35. The van der Waals surface area contributed by atoms with Crippen molar-refractivity contribution in [3.05, 3.63) is 66.2 Å². The molecule has 0 saturated carbocycles. The fourth-order valence-corrected chi connectivity index (χ4v) is 2.81. The van der Waals surface area contributed by atoms with Crippen LogP contribution in [0.4, 0.5) is 4.79 Å². The zero-order valence-corrected chi connectivity index (χ0v) is 14.9. The quantitative estimate of drug-likeness (QED) is 0.459. The molecule has 0 radical (unpaired) electrons. The summed E-state index contributed by atoms with van der Waals surface area (Å²) < 4.78 is 10.5. The molecule has 2 aromatic rings. The normalized spacial score (nSPS) is 18.9. The fraction of sp³-hybridized carbons (Fsp3) is 0.250. The molecule has 1 fully saturated rings. The number of nitrogens with one attached hydrogen (secondary N) is 1. The second-order valence-corrected chi connectivity index (χ2v) is 6.19. The zero-order chi connectivity index (χ0) is 19.3. The third kappa shape index (κ3) is 4.08. The molecule has 3 rings (SSSR count). The summed E-state index contributed by atoms with van der Waals surface area (Å²) in [6.45, 7) is 1.37. The molecule has 3 amide bonds. The average molecular weight is 368 g/mol. The van der Waals surface area contributed by atoms with E-state index in [4.69, 9.17) is 9.47 Å². The highest BCUT2D eigenvalue weighted by Crippen LogP contribution is 2.28. The van der Waals surface area contributed by atoms with Crippen molar-refractivity contribution in [2.24, 2.45) is 0 Å². The number of para-hydroxylation sites is 1. The second kappa shape index (κ2) is 7.90. The monoisotopic (exact) mass is 368 g/mol. The van der Waals surface area contributed by atoms with Gasteiger partial charge in [0.25, 0.3) is 5.91 Å². The van der Waals surface area contributed by atoms with Crippen molar-refractivity contribution in [3.63, 3.8) is 0 Å². The number of carbonyl (C=O) groups is 3. The third-order valence-corrected chi connectivity index (χ3v) is 4.27. The summed E-state index contributed by atoms with van der Waals surface area (Å²) in [6, 6.07) is 17.4. The van der Waals surface area contributed by atoms with Crippen LogP contribution in [0.15, 0.2) is 60.7 Å². The van der Waals surface area contributed by atoms with E-state index in [2.05, 4.69) is 5.32 Å². The second-order valence-electron chi connectivity index (χ2n) is 6.19. The fourth-order valence-electron chi connectivity index (χ4n) is 2.81. The number of hydrogen-bond donors (Lipinski definition) is 1. The van der Waals surface area contributed by atoms with Crippen molar-refractivity contribution >= 4 is 17.9 Å². The standard InChI is InChI=1S/C20H20N2O5/c1-20(15-8-4-2-5-9-15)18(24)22(19(25)21-20)14-17(23)27-13-12-26-16-10-6-3-7-11-16/h2-11H,12-14H2,1H3,(H,21,25)/t20-/m0/s1. The number of amides is 3. The van der Waals surface area contributed by atoms with Crippen LogP contribution in [0.2, 0.25) is 0 Å². The maximum Gasteiger partial charge on any atom is 0.326 e. The van der Waals surface area contributed by atoms with Gasteiger partial charge in [0.15, 0.2) is 0 Å². The molecule has 0 bridgehead atoms. The Morgan fingerprint density at radius 1 is 1.00 bits per heavy atom. The van der Waals surface area contributed by atoms with Gasteiger partial charge in [-0.3, -0.25) is 14.5 Å². The van der Waals surface area contributed by atoms with Gasteiger partial charge >= 0.3 is 12.0 Å². The van der Waals surface area contributed by atoms with Crippen molar-refractivity contribution in [1.29, 1.82) is 0 Å². The molecule has 0 aliphatic carbocycles. The molecule has 1 N–H and O–H groups in total. The minimum Gasteiger partial charge on any atom is -0.490 e. The highest BCUT2D eigenvalue weighted by atomic mass is 16.6. The predicted octanol–water partition coefficient (Wildman–Crippen LogP) is 2.08. The molecule has 1 aliphatic rings. The summed E-state index contributed by atoms with van der Waals surface area (Å²) in [6.07, 6.45) is 0. The van der Waals surface area contributed by atoms with Crippen LogP contribution in [0.3, 0.4) is 0 Å². The van der Waals surface area contributed by atoms with Gasteiger partial charge in [0.1, 0.15) is 31.0 Å². The van der Waals surface area contributed by atoms with Crippen LogP contribution in [0.1, 0.15) is 12.5 Å². The van der Waals surface area contributed by atoms with Crippen molar-refractivity contribution in [2.75, 3.05) is 19.8 Å². The summed E-state index contributed by atoms with van der Waals surface area (Å²) >= 11 is 0. The molecule has 7 nitrogen and oxygen atoms in total. The number of nitrogens with zero attached hydrogens (tertiary/aromatic N) is 1. The van der Waals surface area contributed by atoms with Gasteiger partial charge in [0.05, 0.1) is 0 Å². The maximum atomic E-state index is 12.7. The van der Waals surface area contributed by atoms with Gasteiger partial charge in [-0.05, 0) is 24.6 Å². The first kappa shape index (κ1) is 18.4. The van der Waals surface area contributed by atoms with Crippen LogP contribution in [0.25, 0.3) is 0 Å². The molecule has 0 aromatic heterocycles. The number of hydrogen-bond acceptors (Lipinski definition) is 5. The van der Waals surface area contributed by atoms with Gasteiger partial charge in [0.2, 0.25) is 0 Å². The van der Waals surface area contributed by atoms with Gasteiger partial charge in [-0.2, -0.15) is 0 Å². The van der Waals surface area contributed by atoms with Crippen LogP contribution < -0.4 is 10.1 Å². The van der Waals surface area contributed by atoms with E-state index in [0.29, 0.717) is 11.3 Å². The lowest BCUT2D eigenvalue weighted by Crippen LogP contribution is -2.41. The Labute approximate surface area is 156 Å². The van der Waals surface area contributed by atoms with E-state index in [0.717, 1.165) is 4.90 Å². The Morgan fingerprint density at radius 3 is 2.30 bits per heavy atom. The number of benzene rings is 2. The van der Waals surface area contributed by atoms with E-state index in [1.165, 1.54) is 0 Å². The smallest absolute Gasteiger partial charge is 0.326 e. The van der Waals surface area contributed by atoms with Crippen LogP contribution in [-0.2, 0) is 19.9 Å². The summed E-state index contributed by atoms with van der Waals surface area (Å²) in [7, 11) is 0. The van der Waals surface area contributed by atoms with Gasteiger partial charge in [-0.1, -0.05) is 48.5 Å². The highest BCUT2D eigenvalue weighted by molar-refractivity contribution is 6.08. The van der Waals surface area contributed by atoms with Crippen molar-refractivity contribution in [3.8, 4) is 5.75 Å². The van der Waals surface area contributed by atoms with Crippen LogP contribution >= 0.6 is 0 Å². The minimum atomic E-state index is -1.20. The molecular weight excluding hydrogens is 348 g/mol. The van der Waals surface area contributed by atoms with Crippen molar-refractivity contribution in [2.45, 2.75) is 12.5 Å². The number of esters is 1. The van der Waals surface area contributed by atoms with E-state index in [1.807, 2.05) is 24.3 Å². The number of urea groups is 1. The lowest BCUT2D eigenvalue weighted by Gasteiger charge is -2.21.